The Kier molecular flexibility index (Phi) is 3.06. The van der Waals surface area contributed by atoms with E-state index >= 15 is 0 Å². The number of H-pyrrole nitrogens is 1. The van der Waals surface area contributed by atoms with E-state index in [-0.39, 0.29) is 5.25 Å². The number of nitrogens with zero attached hydrogens (tertiary/aromatic N) is 2. The highest BCUT2D eigenvalue weighted by atomic mass is 32.2. The maximum Gasteiger partial charge on any atom is 0.167 e. The van der Waals surface area contributed by atoms with Crippen molar-refractivity contribution in [3.63, 3.8) is 0 Å². The monoisotopic (exact) mass is 303 g/mol. The molecule has 2 bridgehead atoms. The van der Waals surface area contributed by atoms with Gasteiger partial charge in [-0.1, -0.05) is 16.9 Å². The van der Waals surface area contributed by atoms with Gasteiger partial charge < -0.3 is 14.9 Å². The average Bonchev–Trinajstić information content (AvgIpc) is 3.19. The van der Waals surface area contributed by atoms with Crippen molar-refractivity contribution in [2.45, 2.75) is 29.7 Å². The molecule has 21 heavy (non-hydrogen) atoms. The molecule has 1 aromatic carbocycles. The molecule has 110 valence electrons. The van der Waals surface area contributed by atoms with E-state index in [0.29, 0.717) is 11.8 Å². The first-order valence-electron chi connectivity index (χ1n) is 7.20. The second kappa shape index (κ2) is 4.94. The first kappa shape index (κ1) is 13.0. The molecule has 5 nitrogen and oxygen atoms in total. The number of methoxy groups -OCH3 is 1. The molecule has 1 aromatic heterocycles. The van der Waals surface area contributed by atoms with Crippen molar-refractivity contribution in [1.29, 1.82) is 0 Å². The molecule has 2 aromatic rings. The molecule has 2 N–H and O–H groups in total. The Morgan fingerprint density at radius 3 is 3.14 bits per heavy atom. The van der Waals surface area contributed by atoms with Gasteiger partial charge in [-0.2, -0.15) is 0 Å². The van der Waals surface area contributed by atoms with E-state index in [2.05, 4.69) is 15.1 Å². The molecule has 0 saturated heterocycles. The van der Waals surface area contributed by atoms with Crippen LogP contribution in [0.15, 0.2) is 28.5 Å². The van der Waals surface area contributed by atoms with E-state index in [4.69, 9.17) is 4.74 Å². The lowest BCUT2D eigenvalue weighted by Gasteiger charge is -2.20. The van der Waals surface area contributed by atoms with E-state index < -0.39 is 0 Å². The first-order valence-corrected chi connectivity index (χ1v) is 8.08. The number of nitrogens with one attached hydrogen (secondary N) is 1. The van der Waals surface area contributed by atoms with E-state index in [1.807, 2.05) is 18.2 Å². The number of hydrogen-bond donors (Lipinski definition) is 2. The van der Waals surface area contributed by atoms with Crippen LogP contribution in [0.1, 0.15) is 19.3 Å². The van der Waals surface area contributed by atoms with Gasteiger partial charge in [0, 0.05) is 12.0 Å². The minimum Gasteiger partial charge on any atom is -0.497 e. The number of oxime groups is 1. The van der Waals surface area contributed by atoms with Gasteiger partial charge in [-0.15, -0.1) is 0 Å². The van der Waals surface area contributed by atoms with Crippen molar-refractivity contribution in [1.82, 2.24) is 9.97 Å². The highest BCUT2D eigenvalue weighted by Gasteiger charge is 2.46. The van der Waals surface area contributed by atoms with Gasteiger partial charge in [-0.25, -0.2) is 4.98 Å². The molecule has 6 heteroatoms. The minimum atomic E-state index is 0.260. The van der Waals surface area contributed by atoms with E-state index in [1.54, 1.807) is 18.9 Å². The maximum atomic E-state index is 9.27. The zero-order valence-corrected chi connectivity index (χ0v) is 12.6. The fraction of sp³-hybridized carbons (Fsp3) is 0.467. The molecule has 0 spiro atoms. The van der Waals surface area contributed by atoms with E-state index in [9.17, 15) is 5.21 Å². The van der Waals surface area contributed by atoms with Crippen molar-refractivity contribution >= 4 is 28.5 Å². The molecule has 0 radical (unpaired) electrons. The molecule has 3 atom stereocenters. The van der Waals surface area contributed by atoms with Crippen molar-refractivity contribution in [2.24, 2.45) is 17.0 Å². The molecular weight excluding hydrogens is 286 g/mol. The zero-order valence-electron chi connectivity index (χ0n) is 11.7. The van der Waals surface area contributed by atoms with Crippen molar-refractivity contribution in [3.8, 4) is 5.75 Å². The van der Waals surface area contributed by atoms with Crippen LogP contribution in [0.4, 0.5) is 0 Å². The average molecular weight is 303 g/mol. The summed E-state index contributed by atoms with van der Waals surface area (Å²) in [6.07, 6.45) is 3.55. The molecular formula is C15H17N3O2S. The second-order valence-electron chi connectivity index (χ2n) is 5.76. The third kappa shape index (κ3) is 2.09. The van der Waals surface area contributed by atoms with Crippen LogP contribution in [0.25, 0.3) is 11.0 Å². The summed E-state index contributed by atoms with van der Waals surface area (Å²) < 4.78 is 5.23. The summed E-state index contributed by atoms with van der Waals surface area (Å²) in [7, 11) is 1.66. The Morgan fingerprint density at radius 2 is 2.33 bits per heavy atom. The van der Waals surface area contributed by atoms with E-state index in [1.165, 1.54) is 12.8 Å². The number of imidazole rings is 1. The Bertz CT molecular complexity index is 712. The summed E-state index contributed by atoms with van der Waals surface area (Å²) in [6.45, 7) is 0. The topological polar surface area (TPSA) is 70.5 Å². The summed E-state index contributed by atoms with van der Waals surface area (Å²) >= 11 is 1.69. The van der Waals surface area contributed by atoms with Crippen LogP contribution < -0.4 is 4.74 Å². The van der Waals surface area contributed by atoms with Gasteiger partial charge in [0.2, 0.25) is 0 Å². The maximum absolute atomic E-state index is 9.27. The number of rotatable bonds is 3. The van der Waals surface area contributed by atoms with Crippen LogP contribution in [0.3, 0.4) is 0 Å². The van der Waals surface area contributed by atoms with Crippen LogP contribution in [0.5, 0.6) is 5.75 Å². The summed E-state index contributed by atoms with van der Waals surface area (Å²) in [5, 5.41) is 14.0. The largest absolute Gasteiger partial charge is 0.497 e. The summed E-state index contributed by atoms with van der Waals surface area (Å²) in [5.41, 5.74) is 2.86. The predicted molar refractivity (Wildman–Crippen MR) is 82.3 cm³/mol. The molecule has 2 aliphatic rings. The van der Waals surface area contributed by atoms with Gasteiger partial charge in [0.1, 0.15) is 5.75 Å². The Balaban J connectivity index is 1.62. The van der Waals surface area contributed by atoms with Crippen LogP contribution in [0, 0.1) is 11.8 Å². The second-order valence-corrected chi connectivity index (χ2v) is 6.89. The van der Waals surface area contributed by atoms with Gasteiger partial charge in [0.05, 0.1) is 29.1 Å². The SMILES string of the molecule is COc1ccc2nc(S[C@@H]3/C(=N/O)[C@H]4CC[C@H]3C4)[nH]c2c1. The Hall–Kier alpha value is -1.69. The van der Waals surface area contributed by atoms with Gasteiger partial charge in [0.15, 0.2) is 5.16 Å². The number of fused-ring (bicyclic) bond motifs is 3. The van der Waals surface area contributed by atoms with Gasteiger partial charge in [0.25, 0.3) is 0 Å². The highest BCUT2D eigenvalue weighted by Crippen LogP contribution is 2.49. The number of thioether (sulfide) groups is 1. The number of aromatic amines is 1. The number of hydrogen-bond acceptors (Lipinski definition) is 5. The Morgan fingerprint density at radius 1 is 1.43 bits per heavy atom. The standard InChI is InChI=1S/C15H17N3O2S/c1-20-10-4-5-11-12(7-10)17-15(16-11)21-14-9-3-2-8(6-9)13(14)18-19/h4-5,7-9,14,19H,2-3,6H2,1H3,(H,16,17)/b18-13+/t8-,9-,14-/m0/s1. The molecule has 0 aliphatic heterocycles. The number of benzene rings is 1. The van der Waals surface area contributed by atoms with E-state index in [0.717, 1.165) is 34.1 Å². The smallest absolute Gasteiger partial charge is 0.167 e. The lowest BCUT2D eigenvalue weighted by Crippen LogP contribution is -2.25. The Labute approximate surface area is 126 Å². The van der Waals surface area contributed by atoms with Crippen LogP contribution in [-0.2, 0) is 0 Å². The number of aromatic nitrogens is 2. The van der Waals surface area contributed by atoms with Crippen molar-refractivity contribution < 1.29 is 9.94 Å². The third-order valence-corrected chi connectivity index (χ3v) is 5.93. The molecule has 0 amide bonds. The lowest BCUT2D eigenvalue weighted by atomic mass is 9.98. The summed E-state index contributed by atoms with van der Waals surface area (Å²) in [5.74, 6) is 1.91. The number of ether oxygens (including phenoxy) is 1. The van der Waals surface area contributed by atoms with Crippen LogP contribution in [-0.4, -0.2) is 33.2 Å². The normalized spacial score (nSPS) is 29.6. The zero-order chi connectivity index (χ0) is 14.4. The van der Waals surface area contributed by atoms with Gasteiger partial charge in [-0.05, 0) is 37.3 Å². The fourth-order valence-electron chi connectivity index (χ4n) is 3.60. The fourth-order valence-corrected chi connectivity index (χ4v) is 4.96. The molecule has 0 unspecified atom stereocenters. The quantitative estimate of drug-likeness (QED) is 0.674. The molecule has 2 aliphatic carbocycles. The highest BCUT2D eigenvalue weighted by molar-refractivity contribution is 8.00. The molecule has 4 rings (SSSR count). The first-order chi connectivity index (χ1) is 10.3. The lowest BCUT2D eigenvalue weighted by molar-refractivity contribution is 0.314. The minimum absolute atomic E-state index is 0.260. The van der Waals surface area contributed by atoms with Gasteiger partial charge in [-0.3, -0.25) is 0 Å². The van der Waals surface area contributed by atoms with Gasteiger partial charge >= 0.3 is 0 Å². The summed E-state index contributed by atoms with van der Waals surface area (Å²) in [4.78, 5) is 7.96. The van der Waals surface area contributed by atoms with Crippen molar-refractivity contribution in [3.05, 3.63) is 18.2 Å². The van der Waals surface area contributed by atoms with Crippen molar-refractivity contribution in [2.75, 3.05) is 7.11 Å². The van der Waals surface area contributed by atoms with Crippen LogP contribution >= 0.6 is 11.8 Å². The summed E-state index contributed by atoms with van der Waals surface area (Å²) in [6, 6.07) is 5.82. The molecule has 2 saturated carbocycles. The molecule has 1 heterocycles. The van der Waals surface area contributed by atoms with Crippen LogP contribution in [0.2, 0.25) is 0 Å². The molecule has 2 fully saturated rings. The predicted octanol–water partition coefficient (Wildman–Crippen LogP) is 3.29. The third-order valence-electron chi connectivity index (χ3n) is 4.63.